The van der Waals surface area contributed by atoms with E-state index in [0.29, 0.717) is 23.9 Å². The summed E-state index contributed by atoms with van der Waals surface area (Å²) < 4.78 is 5.57. The van der Waals surface area contributed by atoms with Crippen LogP contribution in [0.15, 0.2) is 30.6 Å². The minimum atomic E-state index is -0.0958. The molecule has 1 saturated heterocycles. The van der Waals surface area contributed by atoms with E-state index in [2.05, 4.69) is 15.3 Å². The van der Waals surface area contributed by atoms with Crippen LogP contribution in [0.3, 0.4) is 0 Å². The molecule has 1 aromatic heterocycles. The van der Waals surface area contributed by atoms with E-state index < -0.39 is 0 Å². The molecule has 6 nitrogen and oxygen atoms in total. The Morgan fingerprint density at radius 2 is 2.04 bits per heavy atom. The number of H-pyrrole nitrogens is 1. The number of hydrogen-bond acceptors (Lipinski definition) is 4. The second kappa shape index (κ2) is 6.69. The SMILES string of the molecule is O=C(COc1ccc(Cl)cc1)N1CCC2(CC1)NCCc1[nH]cnc12. The summed E-state index contributed by atoms with van der Waals surface area (Å²) in [5, 5.41) is 4.29. The summed E-state index contributed by atoms with van der Waals surface area (Å²) in [5.41, 5.74) is 2.26. The number of piperidine rings is 1. The number of fused-ring (bicyclic) bond motifs is 2. The Bertz CT molecular complexity index is 751. The van der Waals surface area contributed by atoms with Crippen molar-refractivity contribution in [3.63, 3.8) is 0 Å². The molecule has 1 amide bonds. The van der Waals surface area contributed by atoms with Gasteiger partial charge >= 0.3 is 0 Å². The van der Waals surface area contributed by atoms with Gasteiger partial charge in [0.25, 0.3) is 5.91 Å². The Hall–Kier alpha value is -2.05. The van der Waals surface area contributed by atoms with Crippen LogP contribution >= 0.6 is 11.6 Å². The topological polar surface area (TPSA) is 70.2 Å². The molecule has 1 spiro atoms. The first-order valence-electron chi connectivity index (χ1n) is 8.60. The van der Waals surface area contributed by atoms with Crippen molar-refractivity contribution in [1.29, 1.82) is 0 Å². The van der Waals surface area contributed by atoms with Crippen molar-refractivity contribution in [1.82, 2.24) is 20.2 Å². The molecule has 2 N–H and O–H groups in total. The lowest BCUT2D eigenvalue weighted by molar-refractivity contribution is -0.135. The third-order valence-corrected chi connectivity index (χ3v) is 5.41. The average Bonchev–Trinajstić information content (AvgIpc) is 3.12. The van der Waals surface area contributed by atoms with Crippen molar-refractivity contribution in [3.05, 3.63) is 47.0 Å². The first-order valence-corrected chi connectivity index (χ1v) is 8.98. The van der Waals surface area contributed by atoms with Gasteiger partial charge in [-0.2, -0.15) is 0 Å². The van der Waals surface area contributed by atoms with Crippen LogP contribution in [-0.2, 0) is 16.8 Å². The molecule has 0 unspecified atom stereocenters. The molecule has 0 bridgehead atoms. The molecule has 0 aliphatic carbocycles. The van der Waals surface area contributed by atoms with Gasteiger partial charge in [0.2, 0.25) is 0 Å². The normalized spacial score (nSPS) is 18.8. The predicted octanol–water partition coefficient (Wildman–Crippen LogP) is 2.11. The lowest BCUT2D eigenvalue weighted by Gasteiger charge is -2.44. The van der Waals surface area contributed by atoms with Gasteiger partial charge in [0, 0.05) is 36.8 Å². The quantitative estimate of drug-likeness (QED) is 0.879. The van der Waals surface area contributed by atoms with Crippen molar-refractivity contribution < 1.29 is 9.53 Å². The predicted molar refractivity (Wildman–Crippen MR) is 94.7 cm³/mol. The fourth-order valence-corrected chi connectivity index (χ4v) is 3.88. The zero-order valence-electron chi connectivity index (χ0n) is 13.9. The lowest BCUT2D eigenvalue weighted by Crippen LogP contribution is -2.55. The molecule has 4 rings (SSSR count). The van der Waals surface area contributed by atoms with Crippen molar-refractivity contribution in [2.45, 2.75) is 24.8 Å². The van der Waals surface area contributed by atoms with Crippen molar-refractivity contribution in [2.24, 2.45) is 0 Å². The van der Waals surface area contributed by atoms with Crippen LogP contribution in [0.25, 0.3) is 0 Å². The Kier molecular flexibility index (Phi) is 4.39. The molecular weight excluding hydrogens is 340 g/mol. The second-order valence-electron chi connectivity index (χ2n) is 6.61. The number of benzene rings is 1. The van der Waals surface area contributed by atoms with Gasteiger partial charge in [-0.1, -0.05) is 11.6 Å². The number of carbonyl (C=O) groups excluding carboxylic acids is 1. The molecule has 1 aromatic carbocycles. The fraction of sp³-hybridized carbons (Fsp3) is 0.444. The Morgan fingerprint density at radius 1 is 1.28 bits per heavy atom. The van der Waals surface area contributed by atoms with E-state index in [9.17, 15) is 4.79 Å². The van der Waals surface area contributed by atoms with Gasteiger partial charge in [0.15, 0.2) is 6.61 Å². The molecule has 2 aromatic rings. The lowest BCUT2D eigenvalue weighted by atomic mass is 9.81. The monoisotopic (exact) mass is 360 g/mol. The van der Waals surface area contributed by atoms with Gasteiger partial charge in [-0.15, -0.1) is 0 Å². The number of carbonyl (C=O) groups is 1. The summed E-state index contributed by atoms with van der Waals surface area (Å²) in [6, 6.07) is 7.04. The molecule has 0 saturated carbocycles. The van der Waals surface area contributed by atoms with Crippen molar-refractivity contribution >= 4 is 17.5 Å². The first kappa shape index (κ1) is 16.4. The van der Waals surface area contributed by atoms with E-state index >= 15 is 0 Å². The number of hydrogen-bond donors (Lipinski definition) is 2. The minimum Gasteiger partial charge on any atom is -0.484 e. The highest BCUT2D eigenvalue weighted by atomic mass is 35.5. The van der Waals surface area contributed by atoms with Gasteiger partial charge in [-0.3, -0.25) is 4.79 Å². The average molecular weight is 361 g/mol. The number of imidazole rings is 1. The Labute approximate surface area is 151 Å². The third-order valence-electron chi connectivity index (χ3n) is 5.16. The number of amides is 1. The summed E-state index contributed by atoms with van der Waals surface area (Å²) >= 11 is 5.85. The van der Waals surface area contributed by atoms with Crippen LogP contribution in [0, 0.1) is 0 Å². The van der Waals surface area contributed by atoms with E-state index in [0.717, 1.165) is 31.5 Å². The minimum absolute atomic E-state index is 0.0165. The van der Waals surface area contributed by atoms with E-state index in [1.807, 2.05) is 4.90 Å². The number of likely N-dealkylation sites (tertiary alicyclic amines) is 1. The van der Waals surface area contributed by atoms with Gasteiger partial charge in [0.1, 0.15) is 5.75 Å². The molecule has 25 heavy (non-hydrogen) atoms. The second-order valence-corrected chi connectivity index (χ2v) is 7.05. The molecule has 1 fully saturated rings. The number of aromatic amines is 1. The standard InChI is InChI=1S/C18H21ClN4O2/c19-13-1-3-14(4-2-13)25-11-16(24)23-9-6-18(7-10-23)17-15(5-8-22-18)20-12-21-17/h1-4,12,22H,5-11H2,(H,20,21). The Balaban J connectivity index is 1.34. The summed E-state index contributed by atoms with van der Waals surface area (Å²) in [4.78, 5) is 22.1. The van der Waals surface area contributed by atoms with Crippen molar-refractivity contribution in [3.8, 4) is 5.75 Å². The van der Waals surface area contributed by atoms with E-state index in [4.69, 9.17) is 16.3 Å². The van der Waals surface area contributed by atoms with Crippen LogP contribution in [0.5, 0.6) is 5.75 Å². The van der Waals surface area contributed by atoms with Crippen LogP contribution in [0.1, 0.15) is 24.2 Å². The fourth-order valence-electron chi connectivity index (χ4n) is 3.75. The van der Waals surface area contributed by atoms with Gasteiger partial charge in [0.05, 0.1) is 17.6 Å². The van der Waals surface area contributed by atoms with Gasteiger partial charge < -0.3 is 19.9 Å². The highest BCUT2D eigenvalue weighted by molar-refractivity contribution is 6.30. The van der Waals surface area contributed by atoms with Crippen LogP contribution < -0.4 is 10.1 Å². The smallest absolute Gasteiger partial charge is 0.260 e. The summed E-state index contributed by atoms with van der Waals surface area (Å²) in [5.74, 6) is 0.671. The number of nitrogens with zero attached hydrogens (tertiary/aromatic N) is 2. The number of aromatic nitrogens is 2. The molecule has 2 aliphatic heterocycles. The van der Waals surface area contributed by atoms with Crippen LogP contribution in [0.2, 0.25) is 5.02 Å². The zero-order chi connectivity index (χ0) is 17.3. The molecule has 0 radical (unpaired) electrons. The third kappa shape index (κ3) is 3.24. The highest BCUT2D eigenvalue weighted by Crippen LogP contribution is 2.35. The molecule has 3 heterocycles. The number of rotatable bonds is 3. The Morgan fingerprint density at radius 3 is 2.80 bits per heavy atom. The molecule has 132 valence electrons. The zero-order valence-corrected chi connectivity index (χ0v) is 14.7. The maximum atomic E-state index is 12.4. The first-order chi connectivity index (χ1) is 12.2. The van der Waals surface area contributed by atoms with Gasteiger partial charge in [-0.05, 0) is 37.1 Å². The maximum absolute atomic E-state index is 12.4. The van der Waals surface area contributed by atoms with E-state index in [1.165, 1.54) is 5.69 Å². The number of nitrogens with one attached hydrogen (secondary N) is 2. The summed E-state index contributed by atoms with van der Waals surface area (Å²) in [6.07, 6.45) is 4.50. The molecule has 7 heteroatoms. The molecule has 2 aliphatic rings. The largest absolute Gasteiger partial charge is 0.484 e. The van der Waals surface area contributed by atoms with Crippen LogP contribution in [-0.4, -0.2) is 47.0 Å². The number of ether oxygens (including phenoxy) is 1. The summed E-state index contributed by atoms with van der Waals surface area (Å²) in [7, 11) is 0. The van der Waals surface area contributed by atoms with E-state index in [-0.39, 0.29) is 18.1 Å². The number of halogens is 1. The summed E-state index contributed by atoms with van der Waals surface area (Å²) in [6.45, 7) is 2.42. The van der Waals surface area contributed by atoms with Gasteiger partial charge in [-0.25, -0.2) is 4.98 Å². The van der Waals surface area contributed by atoms with E-state index in [1.54, 1.807) is 30.6 Å². The molecule has 0 atom stereocenters. The van der Waals surface area contributed by atoms with Crippen molar-refractivity contribution in [2.75, 3.05) is 26.2 Å². The highest BCUT2D eigenvalue weighted by Gasteiger charge is 2.41. The maximum Gasteiger partial charge on any atom is 0.260 e. The van der Waals surface area contributed by atoms with Crippen LogP contribution in [0.4, 0.5) is 0 Å². The molecular formula is C18H21ClN4O2.